The van der Waals surface area contributed by atoms with Crippen molar-refractivity contribution in [3.63, 3.8) is 0 Å². The molecule has 0 saturated heterocycles. The first kappa shape index (κ1) is 21.3. The van der Waals surface area contributed by atoms with Crippen molar-refractivity contribution in [2.24, 2.45) is 5.73 Å². The highest BCUT2D eigenvalue weighted by Gasteiger charge is 2.31. The predicted molar refractivity (Wildman–Crippen MR) is 93.2 cm³/mol. The lowest BCUT2D eigenvalue weighted by Gasteiger charge is -2.26. The summed E-state index contributed by atoms with van der Waals surface area (Å²) in [6.07, 6.45) is 0. The van der Waals surface area contributed by atoms with Gasteiger partial charge in [-0.25, -0.2) is 0 Å². The van der Waals surface area contributed by atoms with E-state index >= 15 is 0 Å². The van der Waals surface area contributed by atoms with E-state index in [0.29, 0.717) is 19.8 Å². The first-order chi connectivity index (χ1) is 9.87. The summed E-state index contributed by atoms with van der Waals surface area (Å²) < 4.78 is 11.2. The minimum Gasteiger partial charge on any atom is -0.382 e. The highest BCUT2D eigenvalue weighted by Crippen LogP contribution is 2.20. The van der Waals surface area contributed by atoms with E-state index in [1.54, 1.807) is 14.0 Å². The summed E-state index contributed by atoms with van der Waals surface area (Å²) in [5.74, 6) is -0.229. The third-order valence-electron chi connectivity index (χ3n) is 3.09. The second-order valence-corrected chi connectivity index (χ2v) is 6.07. The van der Waals surface area contributed by atoms with Crippen molar-refractivity contribution in [3.8, 4) is 0 Å². The van der Waals surface area contributed by atoms with Gasteiger partial charge in [0.2, 0.25) is 5.91 Å². The van der Waals surface area contributed by atoms with Crippen LogP contribution in [0.1, 0.15) is 19.4 Å². The van der Waals surface area contributed by atoms with Crippen LogP contribution >= 0.6 is 28.3 Å². The minimum atomic E-state index is -1.08. The SMILES string of the molecule is COCCOCC(C)NC(=O)C(C)(N)c1ccc(Br)cc1.Cl. The van der Waals surface area contributed by atoms with Gasteiger partial charge in [-0.2, -0.15) is 0 Å². The Labute approximate surface area is 146 Å². The zero-order valence-corrected chi connectivity index (χ0v) is 15.5. The molecule has 0 aliphatic heterocycles. The average molecular weight is 396 g/mol. The Morgan fingerprint density at radius 3 is 2.50 bits per heavy atom. The molecule has 0 saturated carbocycles. The number of ether oxygens (including phenoxy) is 2. The normalized spacial score (nSPS) is 14.6. The molecule has 22 heavy (non-hydrogen) atoms. The maximum atomic E-state index is 12.3. The largest absolute Gasteiger partial charge is 0.382 e. The molecule has 1 aromatic carbocycles. The van der Waals surface area contributed by atoms with Crippen LogP contribution in [-0.2, 0) is 19.8 Å². The van der Waals surface area contributed by atoms with Crippen LogP contribution in [0.25, 0.3) is 0 Å². The van der Waals surface area contributed by atoms with Gasteiger partial charge in [0.1, 0.15) is 5.54 Å². The van der Waals surface area contributed by atoms with Gasteiger partial charge >= 0.3 is 0 Å². The van der Waals surface area contributed by atoms with Gasteiger partial charge in [-0.1, -0.05) is 28.1 Å². The molecule has 1 aromatic rings. The average Bonchev–Trinajstić information content (AvgIpc) is 2.44. The lowest BCUT2D eigenvalue weighted by atomic mass is 9.92. The van der Waals surface area contributed by atoms with Crippen LogP contribution in [0.3, 0.4) is 0 Å². The number of carbonyl (C=O) groups excluding carboxylic acids is 1. The minimum absolute atomic E-state index is 0. The topological polar surface area (TPSA) is 73.6 Å². The standard InChI is InChI=1S/C15H23BrN2O3.ClH/c1-11(10-21-9-8-20-3)18-14(19)15(2,17)12-4-6-13(16)7-5-12;/h4-7,11H,8-10,17H2,1-3H3,(H,18,19);1H. The van der Waals surface area contributed by atoms with Crippen molar-refractivity contribution in [2.45, 2.75) is 25.4 Å². The van der Waals surface area contributed by atoms with Crippen LogP contribution in [0.4, 0.5) is 0 Å². The van der Waals surface area contributed by atoms with Gasteiger partial charge in [-0.05, 0) is 31.5 Å². The van der Waals surface area contributed by atoms with Crippen LogP contribution in [0, 0.1) is 0 Å². The molecule has 3 N–H and O–H groups in total. The Morgan fingerprint density at radius 1 is 1.36 bits per heavy atom. The summed E-state index contributed by atoms with van der Waals surface area (Å²) in [4.78, 5) is 12.3. The Balaban J connectivity index is 0.00000441. The van der Waals surface area contributed by atoms with Crippen molar-refractivity contribution in [1.29, 1.82) is 0 Å². The number of halogens is 2. The maximum Gasteiger partial charge on any atom is 0.244 e. The number of amides is 1. The third-order valence-corrected chi connectivity index (χ3v) is 3.62. The molecule has 7 heteroatoms. The molecule has 0 fully saturated rings. The van der Waals surface area contributed by atoms with E-state index in [2.05, 4.69) is 21.2 Å². The van der Waals surface area contributed by atoms with E-state index in [0.717, 1.165) is 10.0 Å². The van der Waals surface area contributed by atoms with E-state index in [9.17, 15) is 4.79 Å². The molecule has 1 rings (SSSR count). The number of nitrogens with two attached hydrogens (primary N) is 1. The van der Waals surface area contributed by atoms with Gasteiger partial charge in [-0.15, -0.1) is 12.4 Å². The molecule has 0 aromatic heterocycles. The fourth-order valence-electron chi connectivity index (χ4n) is 1.74. The number of benzene rings is 1. The van der Waals surface area contributed by atoms with E-state index in [1.807, 2.05) is 31.2 Å². The van der Waals surface area contributed by atoms with Crippen molar-refractivity contribution in [1.82, 2.24) is 5.32 Å². The monoisotopic (exact) mass is 394 g/mol. The highest BCUT2D eigenvalue weighted by molar-refractivity contribution is 9.10. The molecule has 0 heterocycles. The molecule has 0 spiro atoms. The van der Waals surface area contributed by atoms with Gasteiger partial charge in [-0.3, -0.25) is 4.79 Å². The molecular weight excluding hydrogens is 372 g/mol. The summed E-state index contributed by atoms with van der Waals surface area (Å²) in [6, 6.07) is 7.29. The zero-order chi connectivity index (χ0) is 15.9. The number of nitrogens with one attached hydrogen (secondary N) is 1. The molecule has 0 aliphatic carbocycles. The van der Waals surface area contributed by atoms with Crippen LogP contribution in [-0.4, -0.2) is 38.9 Å². The van der Waals surface area contributed by atoms with Gasteiger partial charge < -0.3 is 20.5 Å². The molecule has 1 amide bonds. The number of hydrogen-bond acceptors (Lipinski definition) is 4. The van der Waals surface area contributed by atoms with E-state index in [1.165, 1.54) is 0 Å². The fraction of sp³-hybridized carbons (Fsp3) is 0.533. The summed E-state index contributed by atoms with van der Waals surface area (Å²) in [5, 5.41) is 2.87. The Bertz CT molecular complexity index is 455. The van der Waals surface area contributed by atoms with Crippen LogP contribution in [0.2, 0.25) is 0 Å². The molecular formula is C15H24BrClN2O3. The van der Waals surface area contributed by atoms with Crippen LogP contribution < -0.4 is 11.1 Å². The Hall–Kier alpha value is -0.660. The van der Waals surface area contributed by atoms with Crippen molar-refractivity contribution < 1.29 is 14.3 Å². The zero-order valence-electron chi connectivity index (χ0n) is 13.1. The highest BCUT2D eigenvalue weighted by atomic mass is 79.9. The lowest BCUT2D eigenvalue weighted by molar-refractivity contribution is -0.127. The predicted octanol–water partition coefficient (Wildman–Crippen LogP) is 2.21. The summed E-state index contributed by atoms with van der Waals surface area (Å²) in [5.41, 5.74) is 5.85. The maximum absolute atomic E-state index is 12.3. The summed E-state index contributed by atoms with van der Waals surface area (Å²) >= 11 is 3.36. The molecule has 0 aliphatic rings. The summed E-state index contributed by atoms with van der Waals surface area (Å²) in [7, 11) is 1.62. The van der Waals surface area contributed by atoms with Gasteiger partial charge in [0.05, 0.1) is 19.8 Å². The second kappa shape index (κ2) is 10.2. The molecule has 126 valence electrons. The fourth-order valence-corrected chi connectivity index (χ4v) is 2.01. The second-order valence-electron chi connectivity index (χ2n) is 5.15. The molecule has 0 bridgehead atoms. The molecule has 0 radical (unpaired) electrons. The summed E-state index contributed by atoms with van der Waals surface area (Å²) in [6.45, 7) is 5.04. The first-order valence-electron chi connectivity index (χ1n) is 6.80. The van der Waals surface area contributed by atoms with E-state index in [-0.39, 0.29) is 24.4 Å². The van der Waals surface area contributed by atoms with Crippen LogP contribution in [0.5, 0.6) is 0 Å². The van der Waals surface area contributed by atoms with Crippen LogP contribution in [0.15, 0.2) is 28.7 Å². The van der Waals surface area contributed by atoms with Crippen molar-refractivity contribution in [2.75, 3.05) is 26.9 Å². The first-order valence-corrected chi connectivity index (χ1v) is 7.59. The smallest absolute Gasteiger partial charge is 0.244 e. The van der Waals surface area contributed by atoms with Crippen molar-refractivity contribution in [3.05, 3.63) is 34.3 Å². The Morgan fingerprint density at radius 2 is 1.95 bits per heavy atom. The number of rotatable bonds is 8. The third kappa shape index (κ3) is 6.62. The Kier molecular flexibility index (Phi) is 9.87. The van der Waals surface area contributed by atoms with Crippen molar-refractivity contribution >= 4 is 34.2 Å². The van der Waals surface area contributed by atoms with Gasteiger partial charge in [0.15, 0.2) is 0 Å². The van der Waals surface area contributed by atoms with E-state index < -0.39 is 5.54 Å². The number of hydrogen-bond donors (Lipinski definition) is 2. The van der Waals surface area contributed by atoms with Gasteiger partial charge in [0, 0.05) is 17.6 Å². The van der Waals surface area contributed by atoms with E-state index in [4.69, 9.17) is 15.2 Å². The number of carbonyl (C=O) groups is 1. The lowest BCUT2D eigenvalue weighted by Crippen LogP contribution is -2.52. The van der Waals surface area contributed by atoms with Gasteiger partial charge in [0.25, 0.3) is 0 Å². The molecule has 5 nitrogen and oxygen atoms in total. The molecule has 2 unspecified atom stereocenters. The number of methoxy groups -OCH3 is 1. The molecule has 2 atom stereocenters. The quantitative estimate of drug-likeness (QED) is 0.662.